The number of hydrogen-bond acceptors (Lipinski definition) is 6. The van der Waals surface area contributed by atoms with Crippen molar-refractivity contribution in [2.24, 2.45) is 0 Å². The molecule has 2 heterocycles. The number of aromatic nitrogens is 1. The van der Waals surface area contributed by atoms with E-state index in [1.165, 1.54) is 0 Å². The SMILES string of the molecule is Cc1cc(NC(=O)COc2ccc3c4c(c(=O)oc3c2)CCC4)no1. The summed E-state index contributed by atoms with van der Waals surface area (Å²) in [6.07, 6.45) is 2.63. The van der Waals surface area contributed by atoms with Crippen molar-refractivity contribution >= 4 is 22.7 Å². The molecule has 7 heteroatoms. The summed E-state index contributed by atoms with van der Waals surface area (Å²) >= 11 is 0. The van der Waals surface area contributed by atoms with Crippen molar-refractivity contribution in [3.8, 4) is 5.75 Å². The number of hydrogen-bond donors (Lipinski definition) is 1. The molecule has 0 bridgehead atoms. The first-order chi connectivity index (χ1) is 12.1. The first-order valence-electron chi connectivity index (χ1n) is 8.05. The fraction of sp³-hybridized carbons (Fsp3) is 0.278. The molecule has 0 saturated heterocycles. The summed E-state index contributed by atoms with van der Waals surface area (Å²) in [5.41, 5.74) is 2.05. The van der Waals surface area contributed by atoms with Crippen LogP contribution in [-0.2, 0) is 17.6 Å². The lowest BCUT2D eigenvalue weighted by Crippen LogP contribution is -2.20. The van der Waals surface area contributed by atoms with Crippen molar-refractivity contribution in [1.29, 1.82) is 0 Å². The lowest BCUT2D eigenvalue weighted by atomic mass is 10.1. The Morgan fingerprint density at radius 2 is 2.12 bits per heavy atom. The Morgan fingerprint density at radius 3 is 2.92 bits per heavy atom. The molecule has 3 aromatic rings. The Labute approximate surface area is 142 Å². The Bertz CT molecular complexity index is 1020. The third kappa shape index (κ3) is 3.00. The van der Waals surface area contributed by atoms with Crippen molar-refractivity contribution in [3.63, 3.8) is 0 Å². The van der Waals surface area contributed by atoms with Crippen LogP contribution >= 0.6 is 0 Å². The minimum Gasteiger partial charge on any atom is -0.484 e. The van der Waals surface area contributed by atoms with Gasteiger partial charge in [-0.1, -0.05) is 5.16 Å². The molecule has 1 aliphatic rings. The molecule has 1 aliphatic carbocycles. The molecule has 1 amide bonds. The van der Waals surface area contributed by atoms with E-state index in [-0.39, 0.29) is 18.1 Å². The van der Waals surface area contributed by atoms with E-state index in [1.54, 1.807) is 25.1 Å². The van der Waals surface area contributed by atoms with E-state index in [0.717, 1.165) is 35.8 Å². The predicted octanol–water partition coefficient (Wildman–Crippen LogP) is 2.60. The van der Waals surface area contributed by atoms with Crippen LogP contribution in [-0.4, -0.2) is 17.7 Å². The summed E-state index contributed by atoms with van der Waals surface area (Å²) in [7, 11) is 0. The number of nitrogens with zero attached hydrogens (tertiary/aromatic N) is 1. The standard InChI is InChI=1S/C18H16N2O5/c1-10-7-16(20-25-10)19-17(21)9-23-11-5-6-13-12-3-2-4-14(12)18(22)24-15(13)8-11/h5-8H,2-4,9H2,1H3,(H,19,20,21). The van der Waals surface area contributed by atoms with Crippen LogP contribution < -0.4 is 15.7 Å². The van der Waals surface area contributed by atoms with Crippen LogP contribution in [0.3, 0.4) is 0 Å². The van der Waals surface area contributed by atoms with Crippen molar-refractivity contribution < 1.29 is 18.5 Å². The molecule has 0 spiro atoms. The van der Waals surface area contributed by atoms with Gasteiger partial charge in [0, 0.05) is 23.1 Å². The zero-order chi connectivity index (χ0) is 17.4. The van der Waals surface area contributed by atoms with Gasteiger partial charge in [0.2, 0.25) is 0 Å². The molecule has 4 rings (SSSR count). The molecule has 0 fully saturated rings. The minimum absolute atomic E-state index is 0.188. The van der Waals surface area contributed by atoms with Crippen molar-refractivity contribution in [3.05, 3.63) is 51.6 Å². The Balaban J connectivity index is 1.49. The number of amides is 1. The Kier molecular flexibility index (Phi) is 3.76. The van der Waals surface area contributed by atoms with Crippen molar-refractivity contribution in [2.45, 2.75) is 26.2 Å². The Hall–Kier alpha value is -3.09. The molecule has 25 heavy (non-hydrogen) atoms. The van der Waals surface area contributed by atoms with Gasteiger partial charge >= 0.3 is 5.63 Å². The van der Waals surface area contributed by atoms with Crippen LogP contribution in [0.5, 0.6) is 5.75 Å². The first-order valence-corrected chi connectivity index (χ1v) is 8.05. The molecule has 2 aromatic heterocycles. The van der Waals surface area contributed by atoms with Crippen LogP contribution in [0.25, 0.3) is 11.0 Å². The Morgan fingerprint density at radius 1 is 1.28 bits per heavy atom. The molecular weight excluding hydrogens is 324 g/mol. The van der Waals surface area contributed by atoms with Crippen LogP contribution in [0.4, 0.5) is 5.82 Å². The molecule has 0 saturated carbocycles. The summed E-state index contributed by atoms with van der Waals surface area (Å²) in [6.45, 7) is 1.55. The number of benzene rings is 1. The number of rotatable bonds is 4. The van der Waals surface area contributed by atoms with Gasteiger partial charge in [-0.15, -0.1) is 0 Å². The normalized spacial score (nSPS) is 13.0. The molecule has 1 aromatic carbocycles. The van der Waals surface area contributed by atoms with Crippen molar-refractivity contribution in [2.75, 3.05) is 11.9 Å². The van der Waals surface area contributed by atoms with Crippen LogP contribution in [0, 0.1) is 6.92 Å². The van der Waals surface area contributed by atoms with E-state index in [4.69, 9.17) is 13.7 Å². The number of anilines is 1. The van der Waals surface area contributed by atoms with Gasteiger partial charge in [0.15, 0.2) is 12.4 Å². The largest absolute Gasteiger partial charge is 0.484 e. The lowest BCUT2D eigenvalue weighted by molar-refractivity contribution is -0.118. The quantitative estimate of drug-likeness (QED) is 0.734. The third-order valence-corrected chi connectivity index (χ3v) is 4.21. The summed E-state index contributed by atoms with van der Waals surface area (Å²) < 4.78 is 15.8. The topological polar surface area (TPSA) is 94.6 Å². The summed E-state index contributed by atoms with van der Waals surface area (Å²) in [5.74, 6) is 1.04. The van der Waals surface area contributed by atoms with Crippen LogP contribution in [0.1, 0.15) is 23.3 Å². The highest BCUT2D eigenvalue weighted by molar-refractivity contribution is 5.91. The molecule has 1 N–H and O–H groups in total. The summed E-state index contributed by atoms with van der Waals surface area (Å²) in [4.78, 5) is 23.9. The molecule has 128 valence electrons. The average molecular weight is 340 g/mol. The second kappa shape index (κ2) is 6.08. The first kappa shape index (κ1) is 15.4. The van der Waals surface area contributed by atoms with Gasteiger partial charge in [-0.3, -0.25) is 4.79 Å². The fourth-order valence-corrected chi connectivity index (χ4v) is 3.11. The lowest BCUT2D eigenvalue weighted by Gasteiger charge is -2.08. The van der Waals surface area contributed by atoms with E-state index in [0.29, 0.717) is 22.9 Å². The number of aryl methyl sites for hydroxylation is 2. The van der Waals surface area contributed by atoms with Gasteiger partial charge in [-0.2, -0.15) is 0 Å². The average Bonchev–Trinajstić information content (AvgIpc) is 3.22. The molecule has 0 aliphatic heterocycles. The van der Waals surface area contributed by atoms with E-state index in [9.17, 15) is 9.59 Å². The molecule has 0 unspecified atom stereocenters. The smallest absolute Gasteiger partial charge is 0.339 e. The monoisotopic (exact) mass is 340 g/mol. The van der Waals surface area contributed by atoms with Crippen molar-refractivity contribution in [1.82, 2.24) is 5.16 Å². The fourth-order valence-electron chi connectivity index (χ4n) is 3.11. The maximum Gasteiger partial charge on any atom is 0.339 e. The predicted molar refractivity (Wildman–Crippen MR) is 89.9 cm³/mol. The molecule has 0 radical (unpaired) electrons. The highest BCUT2D eigenvalue weighted by atomic mass is 16.5. The zero-order valence-corrected chi connectivity index (χ0v) is 13.6. The maximum absolute atomic E-state index is 12.0. The maximum atomic E-state index is 12.0. The highest BCUT2D eigenvalue weighted by Crippen LogP contribution is 2.29. The van der Waals surface area contributed by atoms with Gasteiger partial charge in [0.25, 0.3) is 5.91 Å². The zero-order valence-electron chi connectivity index (χ0n) is 13.6. The van der Waals surface area contributed by atoms with Gasteiger partial charge in [-0.25, -0.2) is 4.79 Å². The summed E-state index contributed by atoms with van der Waals surface area (Å²) in [6, 6.07) is 6.90. The number of ether oxygens (including phenoxy) is 1. The van der Waals surface area contributed by atoms with E-state index in [2.05, 4.69) is 10.5 Å². The second-order valence-electron chi connectivity index (χ2n) is 6.02. The van der Waals surface area contributed by atoms with Gasteiger partial charge in [-0.05, 0) is 43.9 Å². The van der Waals surface area contributed by atoms with Gasteiger partial charge in [0.05, 0.1) is 0 Å². The van der Waals surface area contributed by atoms with Gasteiger partial charge < -0.3 is 19.0 Å². The van der Waals surface area contributed by atoms with Crippen LogP contribution in [0.15, 0.2) is 38.0 Å². The molecule has 7 nitrogen and oxygen atoms in total. The van der Waals surface area contributed by atoms with E-state index >= 15 is 0 Å². The highest BCUT2D eigenvalue weighted by Gasteiger charge is 2.19. The third-order valence-electron chi connectivity index (χ3n) is 4.21. The second-order valence-corrected chi connectivity index (χ2v) is 6.02. The van der Waals surface area contributed by atoms with Crippen LogP contribution in [0.2, 0.25) is 0 Å². The number of carbonyl (C=O) groups excluding carboxylic acids is 1. The number of carbonyl (C=O) groups is 1. The summed E-state index contributed by atoms with van der Waals surface area (Å²) in [5, 5.41) is 7.19. The van der Waals surface area contributed by atoms with E-state index < -0.39 is 0 Å². The minimum atomic E-state index is -0.358. The number of nitrogens with one attached hydrogen (secondary N) is 1. The number of fused-ring (bicyclic) bond motifs is 3. The molecular formula is C18H16N2O5. The van der Waals surface area contributed by atoms with Gasteiger partial charge in [0.1, 0.15) is 17.1 Å². The molecule has 0 atom stereocenters. The van der Waals surface area contributed by atoms with E-state index in [1.807, 2.05) is 6.07 Å².